The molecular weight excluding hydrogens is 474 g/mol. The molecule has 4 rings (SSSR count). The Morgan fingerprint density at radius 1 is 1.03 bits per heavy atom. The van der Waals surface area contributed by atoms with Crippen LogP contribution in [0.25, 0.3) is 6.08 Å². The van der Waals surface area contributed by atoms with Crippen LogP contribution < -0.4 is 19.8 Å². The number of amides is 2. The van der Waals surface area contributed by atoms with E-state index in [0.29, 0.717) is 39.7 Å². The zero-order chi connectivity index (χ0) is 26.5. The number of benzene rings is 3. The van der Waals surface area contributed by atoms with Gasteiger partial charge in [-0.25, -0.2) is 4.79 Å². The highest BCUT2D eigenvalue weighted by molar-refractivity contribution is 6.32. The maximum Gasteiger partial charge on any atom is 0.335 e. The van der Waals surface area contributed by atoms with Gasteiger partial charge < -0.3 is 19.9 Å². The number of ether oxygens (including phenoxy) is 2. The summed E-state index contributed by atoms with van der Waals surface area (Å²) in [5.41, 5.74) is 3.87. The van der Waals surface area contributed by atoms with Crippen molar-refractivity contribution in [1.29, 1.82) is 0 Å². The molecule has 2 N–H and O–H groups in total. The third kappa shape index (κ3) is 5.84. The maximum absolute atomic E-state index is 13.0. The summed E-state index contributed by atoms with van der Waals surface area (Å²) < 4.78 is 11.1. The minimum absolute atomic E-state index is 0.119. The summed E-state index contributed by atoms with van der Waals surface area (Å²) in [6.07, 6.45) is 1.68. The van der Waals surface area contributed by atoms with E-state index < -0.39 is 5.97 Å². The zero-order valence-electron chi connectivity index (χ0n) is 20.5. The molecule has 0 atom stereocenters. The van der Waals surface area contributed by atoms with Gasteiger partial charge in [-0.3, -0.25) is 9.59 Å². The van der Waals surface area contributed by atoms with Crippen molar-refractivity contribution in [3.63, 3.8) is 0 Å². The van der Waals surface area contributed by atoms with Gasteiger partial charge in [0, 0.05) is 5.69 Å². The van der Waals surface area contributed by atoms with Gasteiger partial charge in [-0.1, -0.05) is 18.2 Å². The number of anilines is 2. The van der Waals surface area contributed by atoms with E-state index in [9.17, 15) is 14.4 Å². The highest BCUT2D eigenvalue weighted by Crippen LogP contribution is 2.31. The van der Waals surface area contributed by atoms with Crippen LogP contribution in [0.4, 0.5) is 11.4 Å². The molecule has 1 aliphatic rings. The van der Waals surface area contributed by atoms with Crippen LogP contribution in [-0.4, -0.2) is 42.3 Å². The Morgan fingerprint density at radius 2 is 1.78 bits per heavy atom. The van der Waals surface area contributed by atoms with Crippen molar-refractivity contribution in [2.75, 3.05) is 24.0 Å². The summed E-state index contributed by atoms with van der Waals surface area (Å²) in [4.78, 5) is 36.4. The number of carbonyl (C=O) groups excluding carboxylic acids is 2. The van der Waals surface area contributed by atoms with Crippen LogP contribution in [0, 0.1) is 6.92 Å². The first kappa shape index (κ1) is 25.2. The summed E-state index contributed by atoms with van der Waals surface area (Å²) in [5.74, 6) is -0.912. The highest BCUT2D eigenvalue weighted by atomic mass is 16.5. The lowest BCUT2D eigenvalue weighted by Crippen LogP contribution is -2.21. The second-order valence-electron chi connectivity index (χ2n) is 8.33. The second kappa shape index (κ2) is 10.8. The predicted octanol–water partition coefficient (Wildman–Crippen LogP) is 4.53. The Hall–Kier alpha value is -4.92. The molecule has 9 heteroatoms. The molecule has 37 heavy (non-hydrogen) atoms. The summed E-state index contributed by atoms with van der Waals surface area (Å²) in [6, 6.07) is 18.5. The molecule has 3 aromatic rings. The molecule has 0 saturated heterocycles. The van der Waals surface area contributed by atoms with E-state index in [0.717, 1.165) is 5.56 Å². The molecular formula is C28H25N3O6. The van der Waals surface area contributed by atoms with Gasteiger partial charge in [-0.15, -0.1) is 0 Å². The Bertz CT molecular complexity index is 1430. The Morgan fingerprint density at radius 3 is 2.46 bits per heavy atom. The largest absolute Gasteiger partial charge is 0.493 e. The molecule has 188 valence electrons. The minimum Gasteiger partial charge on any atom is -0.493 e. The van der Waals surface area contributed by atoms with E-state index in [4.69, 9.17) is 14.6 Å². The van der Waals surface area contributed by atoms with Crippen LogP contribution >= 0.6 is 0 Å². The number of methoxy groups -OCH3 is 1. The highest BCUT2D eigenvalue weighted by Gasteiger charge is 2.29. The first-order valence-electron chi connectivity index (χ1n) is 11.4. The molecule has 0 aromatic heterocycles. The quantitative estimate of drug-likeness (QED) is 0.440. The number of carboxylic acids is 1. The Kier molecular flexibility index (Phi) is 7.34. The average molecular weight is 500 g/mol. The predicted molar refractivity (Wildman–Crippen MR) is 140 cm³/mol. The molecule has 3 aromatic carbocycles. The number of nitrogens with one attached hydrogen (secondary N) is 1. The summed E-state index contributed by atoms with van der Waals surface area (Å²) in [6.45, 7) is 3.46. The van der Waals surface area contributed by atoms with Crippen molar-refractivity contribution in [3.05, 3.63) is 89.0 Å². The van der Waals surface area contributed by atoms with Gasteiger partial charge in [0.25, 0.3) is 11.8 Å². The lowest BCUT2D eigenvalue weighted by atomic mass is 10.1. The lowest BCUT2D eigenvalue weighted by Gasteiger charge is -2.13. The molecule has 0 bridgehead atoms. The van der Waals surface area contributed by atoms with Crippen LogP contribution in [0.2, 0.25) is 0 Å². The van der Waals surface area contributed by atoms with Crippen LogP contribution in [0.3, 0.4) is 0 Å². The molecule has 1 aliphatic heterocycles. The standard InChI is InChI=1S/C28H25N3O6/c1-17-5-4-6-21(13-17)29-26(32)16-37-24-12-7-19(15-25(24)36-3)14-23-18(2)30-31(27(23)33)22-10-8-20(9-11-22)28(34)35/h4-15H,16H2,1-3H3,(H,29,32)(H,34,35). The van der Waals surface area contributed by atoms with E-state index in [1.807, 2.05) is 25.1 Å². The number of hydrogen-bond acceptors (Lipinski definition) is 6. The number of aromatic carboxylic acids is 1. The summed E-state index contributed by atoms with van der Waals surface area (Å²) in [7, 11) is 1.49. The number of aryl methyl sites for hydroxylation is 1. The van der Waals surface area contributed by atoms with Gasteiger partial charge in [-0.05, 0) is 79.6 Å². The molecule has 0 radical (unpaired) electrons. The van der Waals surface area contributed by atoms with Crippen molar-refractivity contribution in [1.82, 2.24) is 0 Å². The normalized spacial score (nSPS) is 13.9. The number of hydrogen-bond donors (Lipinski definition) is 2. The monoisotopic (exact) mass is 499 g/mol. The van der Waals surface area contributed by atoms with E-state index in [-0.39, 0.29) is 24.0 Å². The SMILES string of the molecule is COc1cc(C=C2C(=O)N(c3ccc(C(=O)O)cc3)N=C2C)ccc1OCC(=O)Nc1cccc(C)c1. The van der Waals surface area contributed by atoms with Gasteiger partial charge in [0.1, 0.15) is 0 Å². The molecule has 0 unspecified atom stereocenters. The average Bonchev–Trinajstić information content (AvgIpc) is 3.16. The van der Waals surface area contributed by atoms with Crippen molar-refractivity contribution < 1.29 is 29.0 Å². The van der Waals surface area contributed by atoms with Crippen LogP contribution in [0.15, 0.2) is 77.4 Å². The third-order valence-electron chi connectivity index (χ3n) is 5.58. The van der Waals surface area contributed by atoms with Crippen LogP contribution in [0.1, 0.15) is 28.4 Å². The molecule has 0 spiro atoms. The van der Waals surface area contributed by atoms with Gasteiger partial charge in [0.2, 0.25) is 0 Å². The third-order valence-corrected chi connectivity index (χ3v) is 5.58. The van der Waals surface area contributed by atoms with Gasteiger partial charge in [-0.2, -0.15) is 10.1 Å². The summed E-state index contributed by atoms with van der Waals surface area (Å²) >= 11 is 0. The molecule has 1 heterocycles. The lowest BCUT2D eigenvalue weighted by molar-refractivity contribution is -0.118. The maximum atomic E-state index is 13.0. The van der Waals surface area contributed by atoms with E-state index in [1.165, 1.54) is 36.4 Å². The van der Waals surface area contributed by atoms with Gasteiger partial charge >= 0.3 is 5.97 Å². The Balaban J connectivity index is 1.46. The molecule has 2 amide bonds. The first-order valence-corrected chi connectivity index (χ1v) is 11.4. The number of carbonyl (C=O) groups is 3. The molecule has 0 fully saturated rings. The van der Waals surface area contributed by atoms with Crippen molar-refractivity contribution >= 4 is 40.9 Å². The topological polar surface area (TPSA) is 118 Å². The van der Waals surface area contributed by atoms with E-state index in [1.54, 1.807) is 37.3 Å². The minimum atomic E-state index is -1.05. The number of carboxylic acid groups (broad SMARTS) is 1. The van der Waals surface area contributed by atoms with E-state index in [2.05, 4.69) is 10.4 Å². The van der Waals surface area contributed by atoms with Gasteiger partial charge in [0.15, 0.2) is 18.1 Å². The van der Waals surface area contributed by atoms with Crippen LogP contribution in [0.5, 0.6) is 11.5 Å². The fourth-order valence-corrected chi connectivity index (χ4v) is 3.73. The fraction of sp³-hybridized carbons (Fsp3) is 0.143. The first-order chi connectivity index (χ1) is 17.7. The number of nitrogens with zero attached hydrogens (tertiary/aromatic N) is 2. The smallest absolute Gasteiger partial charge is 0.335 e. The Labute approximate surface area is 213 Å². The van der Waals surface area contributed by atoms with Crippen molar-refractivity contribution in [2.45, 2.75) is 13.8 Å². The molecule has 0 aliphatic carbocycles. The number of rotatable bonds is 8. The van der Waals surface area contributed by atoms with Crippen molar-refractivity contribution in [2.24, 2.45) is 5.10 Å². The zero-order valence-corrected chi connectivity index (χ0v) is 20.5. The van der Waals surface area contributed by atoms with E-state index >= 15 is 0 Å². The number of hydrazone groups is 1. The second-order valence-corrected chi connectivity index (χ2v) is 8.33. The van der Waals surface area contributed by atoms with Crippen LogP contribution in [-0.2, 0) is 9.59 Å². The fourth-order valence-electron chi connectivity index (χ4n) is 3.73. The van der Waals surface area contributed by atoms with Crippen molar-refractivity contribution in [3.8, 4) is 11.5 Å². The molecule has 9 nitrogen and oxygen atoms in total. The summed E-state index contributed by atoms with van der Waals surface area (Å²) in [5, 5.41) is 17.4. The van der Waals surface area contributed by atoms with Gasteiger partial charge in [0.05, 0.1) is 29.6 Å². The molecule has 0 saturated carbocycles.